The minimum Gasteiger partial charge on any atom is -0.350 e. The van der Waals surface area contributed by atoms with Gasteiger partial charge in [-0.2, -0.15) is 0 Å². The number of aromatic nitrogens is 2. The Hall–Kier alpha value is -1.69. The van der Waals surface area contributed by atoms with Gasteiger partial charge in [0.15, 0.2) is 0 Å². The van der Waals surface area contributed by atoms with Crippen LogP contribution >= 0.6 is 0 Å². The number of H-pyrrole nitrogens is 1. The minimum absolute atomic E-state index is 0.0396. The summed E-state index contributed by atoms with van der Waals surface area (Å²) in [4.78, 5) is 32.3. The van der Waals surface area contributed by atoms with Crippen LogP contribution in [0.4, 0.5) is 0 Å². The summed E-state index contributed by atoms with van der Waals surface area (Å²) in [7, 11) is 0. The minimum atomic E-state index is -0.352. The maximum Gasteiger partial charge on any atom is 0.250 e. The number of nitrogens with zero attached hydrogens (tertiary/aromatic N) is 2. The second-order valence-electron chi connectivity index (χ2n) is 5.62. The number of carbonyl (C=O) groups excluding carboxylic acids is 1. The first kappa shape index (κ1) is 14.7. The largest absolute Gasteiger partial charge is 0.350 e. The molecular weight excluding hydrogens is 256 g/mol. The molecule has 1 amide bonds. The molecule has 1 fully saturated rings. The zero-order valence-electron chi connectivity index (χ0n) is 12.1. The standard InChI is InChI=1S/C14H22N4O2/c1-3-18-6-4-5-14(2,9-18)13(20)15-8-11-7-12(19)17-10-16-11/h7,10H,3-6,8-9H2,1-2H3,(H,15,20)(H,16,17,19)/t14-/m0/s1. The SMILES string of the molecule is CCN1CCC[C@](C)(C(=O)NCc2cc(=O)[nH]cn2)C1. The molecular formula is C14H22N4O2. The van der Waals surface area contributed by atoms with E-state index in [0.29, 0.717) is 12.2 Å². The molecule has 0 radical (unpaired) electrons. The smallest absolute Gasteiger partial charge is 0.250 e. The Morgan fingerprint density at radius 2 is 2.40 bits per heavy atom. The van der Waals surface area contributed by atoms with Crippen molar-refractivity contribution >= 4 is 5.91 Å². The third-order valence-corrected chi connectivity index (χ3v) is 3.94. The van der Waals surface area contributed by atoms with Crippen molar-refractivity contribution in [2.75, 3.05) is 19.6 Å². The van der Waals surface area contributed by atoms with Gasteiger partial charge in [-0.3, -0.25) is 9.59 Å². The molecule has 20 heavy (non-hydrogen) atoms. The molecule has 2 heterocycles. The fraction of sp³-hybridized carbons (Fsp3) is 0.643. The first-order chi connectivity index (χ1) is 9.53. The first-order valence-electron chi connectivity index (χ1n) is 7.08. The highest BCUT2D eigenvalue weighted by Crippen LogP contribution is 2.29. The van der Waals surface area contributed by atoms with E-state index in [-0.39, 0.29) is 16.9 Å². The van der Waals surface area contributed by atoms with Gasteiger partial charge in [0, 0.05) is 12.6 Å². The third kappa shape index (κ3) is 3.45. The molecule has 1 aliphatic heterocycles. The van der Waals surface area contributed by atoms with Crippen LogP contribution in [0.5, 0.6) is 0 Å². The third-order valence-electron chi connectivity index (χ3n) is 3.94. The number of hydrogen-bond acceptors (Lipinski definition) is 4. The van der Waals surface area contributed by atoms with Crippen molar-refractivity contribution in [3.63, 3.8) is 0 Å². The van der Waals surface area contributed by atoms with E-state index in [2.05, 4.69) is 27.1 Å². The van der Waals surface area contributed by atoms with Gasteiger partial charge in [0.25, 0.3) is 5.56 Å². The Labute approximate surface area is 118 Å². The van der Waals surface area contributed by atoms with E-state index in [1.807, 2.05) is 6.92 Å². The maximum absolute atomic E-state index is 12.4. The normalized spacial score (nSPS) is 23.5. The molecule has 0 spiro atoms. The number of piperidine rings is 1. The second kappa shape index (κ2) is 6.17. The molecule has 0 saturated carbocycles. The summed E-state index contributed by atoms with van der Waals surface area (Å²) in [6, 6.07) is 1.40. The number of rotatable bonds is 4. The second-order valence-corrected chi connectivity index (χ2v) is 5.62. The van der Waals surface area contributed by atoms with Crippen molar-refractivity contribution in [1.82, 2.24) is 20.2 Å². The highest BCUT2D eigenvalue weighted by Gasteiger charge is 2.37. The Balaban J connectivity index is 1.95. The van der Waals surface area contributed by atoms with Crippen LogP contribution in [0.15, 0.2) is 17.2 Å². The number of carbonyl (C=O) groups is 1. The lowest BCUT2D eigenvalue weighted by molar-refractivity contribution is -0.133. The molecule has 0 aromatic carbocycles. The van der Waals surface area contributed by atoms with Crippen LogP contribution in [0, 0.1) is 5.41 Å². The molecule has 1 saturated heterocycles. The van der Waals surface area contributed by atoms with E-state index in [1.165, 1.54) is 12.4 Å². The number of likely N-dealkylation sites (tertiary alicyclic amines) is 1. The molecule has 2 N–H and O–H groups in total. The summed E-state index contributed by atoms with van der Waals surface area (Å²) in [5.74, 6) is 0.0396. The van der Waals surface area contributed by atoms with Crippen molar-refractivity contribution in [2.45, 2.75) is 33.2 Å². The van der Waals surface area contributed by atoms with Gasteiger partial charge in [0.05, 0.1) is 24.0 Å². The summed E-state index contributed by atoms with van der Waals surface area (Å²) < 4.78 is 0. The molecule has 110 valence electrons. The van der Waals surface area contributed by atoms with Gasteiger partial charge in [-0.15, -0.1) is 0 Å². The summed E-state index contributed by atoms with van der Waals surface area (Å²) in [6.07, 6.45) is 3.30. The summed E-state index contributed by atoms with van der Waals surface area (Å²) >= 11 is 0. The Kier molecular flexibility index (Phi) is 4.54. The molecule has 0 unspecified atom stereocenters. The number of hydrogen-bond donors (Lipinski definition) is 2. The maximum atomic E-state index is 12.4. The highest BCUT2D eigenvalue weighted by atomic mass is 16.2. The van der Waals surface area contributed by atoms with Gasteiger partial charge in [-0.1, -0.05) is 6.92 Å². The molecule has 6 nitrogen and oxygen atoms in total. The molecule has 2 rings (SSSR count). The highest BCUT2D eigenvalue weighted by molar-refractivity contribution is 5.82. The summed E-state index contributed by atoms with van der Waals surface area (Å²) in [5.41, 5.74) is 0.0225. The van der Waals surface area contributed by atoms with Crippen molar-refractivity contribution < 1.29 is 4.79 Å². The average molecular weight is 278 g/mol. The number of aromatic amines is 1. The van der Waals surface area contributed by atoms with E-state index in [4.69, 9.17) is 0 Å². The van der Waals surface area contributed by atoms with Gasteiger partial charge in [0.1, 0.15) is 0 Å². The molecule has 1 aromatic heterocycles. The van der Waals surface area contributed by atoms with Crippen molar-refractivity contribution in [2.24, 2.45) is 5.41 Å². The average Bonchev–Trinajstić information content (AvgIpc) is 2.44. The molecule has 1 aliphatic rings. The molecule has 0 aliphatic carbocycles. The fourth-order valence-electron chi connectivity index (χ4n) is 2.69. The summed E-state index contributed by atoms with van der Waals surface area (Å²) in [5, 5.41) is 2.90. The number of nitrogens with one attached hydrogen (secondary N) is 2. The van der Waals surface area contributed by atoms with Crippen LogP contribution in [0.2, 0.25) is 0 Å². The van der Waals surface area contributed by atoms with Crippen LogP contribution in [0.25, 0.3) is 0 Å². The lowest BCUT2D eigenvalue weighted by Crippen LogP contribution is -2.50. The molecule has 6 heteroatoms. The Bertz CT molecular complexity index is 528. The zero-order chi connectivity index (χ0) is 14.6. The summed E-state index contributed by atoms with van der Waals surface area (Å²) in [6.45, 7) is 7.25. The van der Waals surface area contributed by atoms with Gasteiger partial charge in [-0.05, 0) is 32.9 Å². The van der Waals surface area contributed by atoms with Crippen LogP contribution in [0.1, 0.15) is 32.4 Å². The van der Waals surface area contributed by atoms with Gasteiger partial charge < -0.3 is 15.2 Å². The van der Waals surface area contributed by atoms with E-state index >= 15 is 0 Å². The van der Waals surface area contributed by atoms with Crippen molar-refractivity contribution in [1.29, 1.82) is 0 Å². The molecule has 1 atom stereocenters. The Morgan fingerprint density at radius 3 is 3.10 bits per heavy atom. The predicted octanol–water partition coefficient (Wildman–Crippen LogP) is 0.508. The van der Waals surface area contributed by atoms with E-state index in [0.717, 1.165) is 32.5 Å². The topological polar surface area (TPSA) is 78.1 Å². The fourth-order valence-corrected chi connectivity index (χ4v) is 2.69. The Morgan fingerprint density at radius 1 is 1.60 bits per heavy atom. The van der Waals surface area contributed by atoms with E-state index < -0.39 is 0 Å². The monoisotopic (exact) mass is 278 g/mol. The van der Waals surface area contributed by atoms with Crippen LogP contribution in [0.3, 0.4) is 0 Å². The van der Waals surface area contributed by atoms with Crippen LogP contribution in [-0.2, 0) is 11.3 Å². The first-order valence-corrected chi connectivity index (χ1v) is 7.08. The van der Waals surface area contributed by atoms with Crippen LogP contribution in [-0.4, -0.2) is 40.4 Å². The quantitative estimate of drug-likeness (QED) is 0.841. The molecule has 1 aromatic rings. The van der Waals surface area contributed by atoms with Gasteiger partial charge in [-0.25, -0.2) is 4.98 Å². The number of amides is 1. The van der Waals surface area contributed by atoms with Gasteiger partial charge in [0.2, 0.25) is 5.91 Å². The lowest BCUT2D eigenvalue weighted by atomic mass is 9.81. The zero-order valence-corrected chi connectivity index (χ0v) is 12.1. The lowest BCUT2D eigenvalue weighted by Gasteiger charge is -2.38. The van der Waals surface area contributed by atoms with Crippen LogP contribution < -0.4 is 10.9 Å². The van der Waals surface area contributed by atoms with E-state index in [9.17, 15) is 9.59 Å². The van der Waals surface area contributed by atoms with Crippen molar-refractivity contribution in [3.8, 4) is 0 Å². The van der Waals surface area contributed by atoms with Gasteiger partial charge >= 0.3 is 0 Å². The van der Waals surface area contributed by atoms with E-state index in [1.54, 1.807) is 0 Å². The molecule has 0 bridgehead atoms. The van der Waals surface area contributed by atoms with Crippen molar-refractivity contribution in [3.05, 3.63) is 28.4 Å². The predicted molar refractivity (Wildman–Crippen MR) is 76.2 cm³/mol.